The lowest BCUT2D eigenvalue weighted by atomic mass is 10.2. The van der Waals surface area contributed by atoms with Crippen LogP contribution in [-0.2, 0) is 25.1 Å². The second-order valence-electron chi connectivity index (χ2n) is 8.25. The third-order valence-electron chi connectivity index (χ3n) is 5.26. The molecule has 0 aliphatic heterocycles. The first kappa shape index (κ1) is 28.2. The zero-order valence-corrected chi connectivity index (χ0v) is 21.6. The average Bonchev–Trinajstić information content (AvgIpc) is 2.84. The van der Waals surface area contributed by atoms with Crippen molar-refractivity contribution in [2.75, 3.05) is 35.7 Å². The molecular weight excluding hydrogens is 468 g/mol. The molecule has 0 unspecified atom stereocenters. The fraction of sp³-hybridized carbons (Fsp3) is 0.520. The SMILES string of the molecule is CCCCCN(CCC)c1cc(C(=O)Nc2ccc(CS(=O)(=O)CCC(=O)OCC)cc2)ncn1. The third-order valence-corrected chi connectivity index (χ3v) is 6.85. The van der Waals surface area contributed by atoms with Crippen LogP contribution in [0, 0.1) is 0 Å². The van der Waals surface area contributed by atoms with Gasteiger partial charge in [-0.25, -0.2) is 18.4 Å². The van der Waals surface area contributed by atoms with E-state index >= 15 is 0 Å². The van der Waals surface area contributed by atoms with Crippen LogP contribution in [0.1, 0.15) is 68.9 Å². The van der Waals surface area contributed by atoms with Crippen molar-refractivity contribution < 1.29 is 22.7 Å². The summed E-state index contributed by atoms with van der Waals surface area (Å²) in [6.45, 7) is 7.90. The van der Waals surface area contributed by atoms with Crippen LogP contribution in [0.25, 0.3) is 0 Å². The van der Waals surface area contributed by atoms with Gasteiger partial charge in [0.25, 0.3) is 5.91 Å². The third kappa shape index (κ3) is 10.0. The molecule has 0 aliphatic rings. The number of carbonyl (C=O) groups is 2. The Morgan fingerprint density at radius 3 is 2.40 bits per heavy atom. The van der Waals surface area contributed by atoms with E-state index in [0.717, 1.165) is 44.6 Å². The quantitative estimate of drug-likeness (QED) is 0.286. The fourth-order valence-corrected chi connectivity index (χ4v) is 4.81. The van der Waals surface area contributed by atoms with Gasteiger partial charge in [-0.05, 0) is 37.5 Å². The molecule has 0 spiro atoms. The molecule has 0 fully saturated rings. The molecule has 0 atom stereocenters. The minimum absolute atomic E-state index is 0.167. The first-order valence-electron chi connectivity index (χ1n) is 12.1. The number of sulfone groups is 1. The molecule has 9 nitrogen and oxygen atoms in total. The van der Waals surface area contributed by atoms with Gasteiger partial charge in [0.05, 0.1) is 24.5 Å². The van der Waals surface area contributed by atoms with Crippen LogP contribution in [0.15, 0.2) is 36.7 Å². The number of anilines is 2. The molecule has 1 N–H and O–H groups in total. The summed E-state index contributed by atoms with van der Waals surface area (Å²) in [5.41, 5.74) is 1.35. The van der Waals surface area contributed by atoms with E-state index in [0.29, 0.717) is 11.3 Å². The number of carbonyl (C=O) groups excluding carboxylic acids is 2. The minimum Gasteiger partial charge on any atom is -0.466 e. The van der Waals surface area contributed by atoms with E-state index < -0.39 is 15.8 Å². The van der Waals surface area contributed by atoms with Crippen molar-refractivity contribution in [2.45, 2.75) is 58.6 Å². The van der Waals surface area contributed by atoms with E-state index in [2.05, 4.69) is 34.0 Å². The molecule has 192 valence electrons. The normalized spacial score (nSPS) is 11.2. The van der Waals surface area contributed by atoms with E-state index in [1.54, 1.807) is 37.3 Å². The Morgan fingerprint density at radius 1 is 1.00 bits per heavy atom. The van der Waals surface area contributed by atoms with Crippen molar-refractivity contribution in [3.05, 3.63) is 47.9 Å². The van der Waals surface area contributed by atoms with Gasteiger partial charge in [-0.2, -0.15) is 0 Å². The molecule has 0 saturated heterocycles. The summed E-state index contributed by atoms with van der Waals surface area (Å²) in [6, 6.07) is 8.26. The number of esters is 1. The molecule has 35 heavy (non-hydrogen) atoms. The van der Waals surface area contributed by atoms with Crippen LogP contribution in [0.3, 0.4) is 0 Å². The van der Waals surface area contributed by atoms with Gasteiger partial charge in [-0.15, -0.1) is 0 Å². The van der Waals surface area contributed by atoms with Crippen molar-refractivity contribution in [2.24, 2.45) is 0 Å². The van der Waals surface area contributed by atoms with Gasteiger partial charge >= 0.3 is 5.97 Å². The maximum atomic E-state index is 12.8. The number of amides is 1. The number of aromatic nitrogens is 2. The topological polar surface area (TPSA) is 119 Å². The lowest BCUT2D eigenvalue weighted by Crippen LogP contribution is -2.27. The monoisotopic (exact) mass is 504 g/mol. The average molecular weight is 505 g/mol. The highest BCUT2D eigenvalue weighted by Crippen LogP contribution is 2.17. The van der Waals surface area contributed by atoms with Crippen molar-refractivity contribution in [1.29, 1.82) is 0 Å². The number of unbranched alkanes of at least 4 members (excludes halogenated alkanes) is 2. The highest BCUT2D eigenvalue weighted by atomic mass is 32.2. The summed E-state index contributed by atoms with van der Waals surface area (Å²) >= 11 is 0. The summed E-state index contributed by atoms with van der Waals surface area (Å²) in [6.07, 6.45) is 5.54. The largest absolute Gasteiger partial charge is 0.466 e. The Morgan fingerprint density at radius 2 is 1.74 bits per heavy atom. The summed E-state index contributed by atoms with van der Waals surface area (Å²) < 4.78 is 29.3. The maximum Gasteiger partial charge on any atom is 0.306 e. The smallest absolute Gasteiger partial charge is 0.306 e. The van der Waals surface area contributed by atoms with Crippen molar-refractivity contribution in [3.63, 3.8) is 0 Å². The molecule has 2 rings (SSSR count). The summed E-state index contributed by atoms with van der Waals surface area (Å²) in [4.78, 5) is 34.8. The zero-order valence-electron chi connectivity index (χ0n) is 20.8. The van der Waals surface area contributed by atoms with Gasteiger partial charge in [-0.1, -0.05) is 38.8 Å². The summed E-state index contributed by atoms with van der Waals surface area (Å²) in [5.74, 6) is -0.629. The van der Waals surface area contributed by atoms with Crippen LogP contribution in [0.4, 0.5) is 11.5 Å². The number of ether oxygens (including phenoxy) is 1. The van der Waals surface area contributed by atoms with E-state index in [4.69, 9.17) is 4.74 Å². The number of hydrogen-bond acceptors (Lipinski definition) is 8. The Balaban J connectivity index is 1.99. The Kier molecular flexibility index (Phi) is 11.6. The van der Waals surface area contributed by atoms with Crippen molar-refractivity contribution >= 4 is 33.2 Å². The summed E-state index contributed by atoms with van der Waals surface area (Å²) in [5, 5.41) is 2.79. The van der Waals surface area contributed by atoms with E-state index in [9.17, 15) is 18.0 Å². The molecule has 1 heterocycles. The first-order chi connectivity index (χ1) is 16.8. The molecule has 2 aromatic rings. The predicted molar refractivity (Wildman–Crippen MR) is 137 cm³/mol. The zero-order chi connectivity index (χ0) is 25.7. The van der Waals surface area contributed by atoms with Gasteiger partial charge < -0.3 is 15.0 Å². The molecule has 0 bridgehead atoms. The van der Waals surface area contributed by atoms with Crippen LogP contribution in [-0.4, -0.2) is 55.7 Å². The standard InChI is InChI=1S/C25H36N4O5S/c1-4-7-8-15-29(14-5-2)23-17-22(26-19-27-23)25(31)28-21-11-9-20(10-12-21)18-35(32,33)16-13-24(30)34-6-3/h9-12,17,19H,4-8,13-16,18H2,1-3H3,(H,28,31). The van der Waals surface area contributed by atoms with Gasteiger partial charge in [0.15, 0.2) is 9.84 Å². The molecule has 0 aliphatic carbocycles. The van der Waals surface area contributed by atoms with Gasteiger partial charge in [0, 0.05) is 24.8 Å². The van der Waals surface area contributed by atoms with Gasteiger partial charge in [-0.3, -0.25) is 9.59 Å². The van der Waals surface area contributed by atoms with E-state index in [-0.39, 0.29) is 36.1 Å². The Bertz CT molecular complexity index is 1060. The first-order valence-corrected chi connectivity index (χ1v) is 13.9. The Hall–Kier alpha value is -3.01. The van der Waals surface area contributed by atoms with E-state index in [1.165, 1.54) is 6.33 Å². The van der Waals surface area contributed by atoms with Crippen molar-refractivity contribution in [3.8, 4) is 0 Å². The Labute approximate surface area is 208 Å². The molecular formula is C25H36N4O5S. The lowest BCUT2D eigenvalue weighted by molar-refractivity contribution is -0.142. The fourth-order valence-electron chi connectivity index (χ4n) is 3.49. The number of nitrogens with zero attached hydrogens (tertiary/aromatic N) is 3. The minimum atomic E-state index is -3.46. The summed E-state index contributed by atoms with van der Waals surface area (Å²) in [7, 11) is -3.46. The van der Waals surface area contributed by atoms with Gasteiger partial charge in [0.1, 0.15) is 17.8 Å². The van der Waals surface area contributed by atoms with Crippen LogP contribution in [0.2, 0.25) is 0 Å². The second-order valence-corrected chi connectivity index (χ2v) is 10.4. The van der Waals surface area contributed by atoms with Crippen LogP contribution >= 0.6 is 0 Å². The number of nitrogens with one attached hydrogen (secondary N) is 1. The van der Waals surface area contributed by atoms with Crippen molar-refractivity contribution in [1.82, 2.24) is 9.97 Å². The molecule has 0 saturated carbocycles. The predicted octanol–water partition coefficient (Wildman–Crippen LogP) is 4.00. The number of hydrogen-bond donors (Lipinski definition) is 1. The number of benzene rings is 1. The highest BCUT2D eigenvalue weighted by Gasteiger charge is 2.16. The molecule has 1 amide bonds. The second kappa shape index (κ2) is 14.4. The molecule has 10 heteroatoms. The highest BCUT2D eigenvalue weighted by molar-refractivity contribution is 7.90. The number of rotatable bonds is 15. The molecule has 1 aromatic heterocycles. The van der Waals surface area contributed by atoms with E-state index in [1.807, 2.05) is 0 Å². The lowest BCUT2D eigenvalue weighted by Gasteiger charge is -2.23. The van der Waals surface area contributed by atoms with Crippen LogP contribution in [0.5, 0.6) is 0 Å². The molecule has 1 aromatic carbocycles. The maximum absolute atomic E-state index is 12.8. The molecule has 0 radical (unpaired) electrons. The van der Waals surface area contributed by atoms with Crippen LogP contribution < -0.4 is 10.2 Å². The van der Waals surface area contributed by atoms with Gasteiger partial charge in [0.2, 0.25) is 0 Å².